The topological polar surface area (TPSA) is 56.3 Å². The zero-order chi connectivity index (χ0) is 12.8. The van der Waals surface area contributed by atoms with Crippen molar-refractivity contribution in [2.45, 2.75) is 22.8 Å². The number of ether oxygens (including phenoxy) is 1. The van der Waals surface area contributed by atoms with Gasteiger partial charge in [0.25, 0.3) is 0 Å². The summed E-state index contributed by atoms with van der Waals surface area (Å²) < 4.78 is 30.9. The maximum absolute atomic E-state index is 12.3. The number of methoxy groups -OCH3 is 1. The lowest BCUT2D eigenvalue weighted by molar-refractivity contribution is 0.0993. The van der Waals surface area contributed by atoms with Gasteiger partial charge in [-0.05, 0) is 25.0 Å². The van der Waals surface area contributed by atoms with Crippen molar-refractivity contribution in [2.75, 3.05) is 12.9 Å². The van der Waals surface area contributed by atoms with E-state index in [2.05, 4.69) is 4.98 Å². The predicted molar refractivity (Wildman–Crippen MR) is 70.6 cm³/mol. The van der Waals surface area contributed by atoms with Crippen LogP contribution in [0, 0.1) is 0 Å². The van der Waals surface area contributed by atoms with Crippen LogP contribution in [0.25, 0.3) is 10.2 Å². The molecule has 18 heavy (non-hydrogen) atoms. The molecule has 0 aliphatic heterocycles. The van der Waals surface area contributed by atoms with E-state index in [1.54, 1.807) is 7.11 Å². The van der Waals surface area contributed by atoms with Crippen molar-refractivity contribution in [1.29, 1.82) is 0 Å². The fraction of sp³-hybridized carbons (Fsp3) is 0.417. The Labute approximate surface area is 110 Å². The molecule has 1 fully saturated rings. The number of nitrogens with zero attached hydrogens (tertiary/aromatic N) is 1. The molecule has 0 saturated heterocycles. The molecule has 96 valence electrons. The predicted octanol–water partition coefficient (Wildman–Crippen LogP) is 2.25. The summed E-state index contributed by atoms with van der Waals surface area (Å²) in [6.07, 6.45) is 1.63. The Bertz CT molecular complexity index is 653. The Hall–Kier alpha value is -0.980. The lowest BCUT2D eigenvalue weighted by Gasteiger charge is -2.11. The molecule has 0 bridgehead atoms. The van der Waals surface area contributed by atoms with E-state index in [9.17, 15) is 8.42 Å². The molecule has 0 spiro atoms. The number of sulfone groups is 1. The Morgan fingerprint density at radius 3 is 2.72 bits per heavy atom. The highest BCUT2D eigenvalue weighted by Gasteiger charge is 2.47. The average molecular weight is 283 g/mol. The third kappa shape index (κ3) is 2.04. The number of para-hydroxylation sites is 1. The van der Waals surface area contributed by atoms with Crippen molar-refractivity contribution < 1.29 is 13.2 Å². The van der Waals surface area contributed by atoms with Gasteiger partial charge in [-0.15, -0.1) is 11.3 Å². The largest absolute Gasteiger partial charge is 0.377 e. The molecule has 1 aromatic carbocycles. The number of benzene rings is 1. The van der Waals surface area contributed by atoms with Gasteiger partial charge < -0.3 is 4.74 Å². The lowest BCUT2D eigenvalue weighted by atomic mass is 10.3. The highest BCUT2D eigenvalue weighted by atomic mass is 32.2. The molecule has 1 saturated carbocycles. The standard InChI is InChI=1S/C12H13NO3S2/c1-16-12(6-7-12)8-18(14,15)11-13-9-4-2-3-5-10(9)17-11/h2-5H,6-8H2,1H3. The van der Waals surface area contributed by atoms with Crippen molar-refractivity contribution in [2.24, 2.45) is 0 Å². The van der Waals surface area contributed by atoms with Gasteiger partial charge in [0, 0.05) is 7.11 Å². The number of thiazole rings is 1. The van der Waals surface area contributed by atoms with Gasteiger partial charge in [0.2, 0.25) is 14.2 Å². The van der Waals surface area contributed by atoms with E-state index in [1.165, 1.54) is 11.3 Å². The zero-order valence-corrected chi connectivity index (χ0v) is 11.6. The first-order valence-electron chi connectivity index (χ1n) is 5.68. The average Bonchev–Trinajstić information content (AvgIpc) is 2.96. The molecule has 1 aliphatic carbocycles. The molecular weight excluding hydrogens is 270 g/mol. The van der Waals surface area contributed by atoms with Gasteiger partial charge >= 0.3 is 0 Å². The minimum atomic E-state index is -3.35. The van der Waals surface area contributed by atoms with Gasteiger partial charge in [-0.1, -0.05) is 12.1 Å². The molecule has 2 aromatic rings. The second-order valence-electron chi connectivity index (χ2n) is 4.59. The summed E-state index contributed by atoms with van der Waals surface area (Å²) in [4.78, 5) is 4.21. The monoisotopic (exact) mass is 283 g/mol. The first-order valence-corrected chi connectivity index (χ1v) is 8.15. The van der Waals surface area contributed by atoms with E-state index in [-0.39, 0.29) is 10.1 Å². The fourth-order valence-corrected chi connectivity index (χ4v) is 5.05. The molecule has 1 aromatic heterocycles. The van der Waals surface area contributed by atoms with Crippen LogP contribution in [0.3, 0.4) is 0 Å². The fourth-order valence-electron chi connectivity index (χ4n) is 1.94. The molecule has 0 unspecified atom stereocenters. The quantitative estimate of drug-likeness (QED) is 0.863. The second kappa shape index (κ2) is 4.01. The van der Waals surface area contributed by atoms with E-state index < -0.39 is 15.4 Å². The molecule has 6 heteroatoms. The Morgan fingerprint density at radius 1 is 1.39 bits per heavy atom. The third-order valence-electron chi connectivity index (χ3n) is 3.23. The molecule has 1 aliphatic rings. The summed E-state index contributed by atoms with van der Waals surface area (Å²) >= 11 is 1.23. The Morgan fingerprint density at radius 2 is 2.11 bits per heavy atom. The van der Waals surface area contributed by atoms with Crippen molar-refractivity contribution in [1.82, 2.24) is 4.98 Å². The van der Waals surface area contributed by atoms with Crippen LogP contribution in [-0.4, -0.2) is 31.9 Å². The molecule has 3 rings (SSSR count). The summed E-state index contributed by atoms with van der Waals surface area (Å²) in [5, 5.41) is 0. The molecule has 0 atom stereocenters. The van der Waals surface area contributed by atoms with E-state index >= 15 is 0 Å². The first-order chi connectivity index (χ1) is 8.55. The van der Waals surface area contributed by atoms with Gasteiger partial charge in [0.1, 0.15) is 0 Å². The summed E-state index contributed by atoms with van der Waals surface area (Å²) in [6, 6.07) is 7.45. The minimum absolute atomic E-state index is 0.0380. The van der Waals surface area contributed by atoms with Crippen LogP contribution in [0.2, 0.25) is 0 Å². The maximum Gasteiger partial charge on any atom is 0.210 e. The number of hydrogen-bond donors (Lipinski definition) is 0. The first kappa shape index (κ1) is 12.1. The van der Waals surface area contributed by atoms with Crippen LogP contribution in [0.4, 0.5) is 0 Å². The van der Waals surface area contributed by atoms with Crippen molar-refractivity contribution in [3.8, 4) is 0 Å². The molecule has 0 N–H and O–H groups in total. The van der Waals surface area contributed by atoms with Gasteiger partial charge in [0.15, 0.2) is 0 Å². The van der Waals surface area contributed by atoms with E-state index in [4.69, 9.17) is 4.74 Å². The Balaban J connectivity index is 1.98. The molecule has 0 radical (unpaired) electrons. The SMILES string of the molecule is COC1(CS(=O)(=O)c2nc3ccccc3s2)CC1. The molecular formula is C12H13NO3S2. The summed E-state index contributed by atoms with van der Waals surface area (Å²) in [5.74, 6) is 0.0380. The van der Waals surface area contributed by atoms with Crippen molar-refractivity contribution >= 4 is 31.4 Å². The van der Waals surface area contributed by atoms with Crippen molar-refractivity contribution in [3.05, 3.63) is 24.3 Å². The highest BCUT2D eigenvalue weighted by molar-refractivity contribution is 7.93. The van der Waals surface area contributed by atoms with E-state index in [1.807, 2.05) is 24.3 Å². The van der Waals surface area contributed by atoms with Crippen LogP contribution in [0.15, 0.2) is 28.6 Å². The number of fused-ring (bicyclic) bond motifs is 1. The second-order valence-corrected chi connectivity index (χ2v) is 7.79. The summed E-state index contributed by atoms with van der Waals surface area (Å²) in [6.45, 7) is 0. The minimum Gasteiger partial charge on any atom is -0.377 e. The van der Waals surface area contributed by atoms with Gasteiger partial charge in [-0.3, -0.25) is 0 Å². The zero-order valence-electron chi connectivity index (χ0n) is 9.92. The lowest BCUT2D eigenvalue weighted by Crippen LogP contribution is -2.24. The normalized spacial score (nSPS) is 18.1. The number of aromatic nitrogens is 1. The summed E-state index contributed by atoms with van der Waals surface area (Å²) in [7, 11) is -1.78. The van der Waals surface area contributed by atoms with E-state index in [0.717, 1.165) is 23.1 Å². The van der Waals surface area contributed by atoms with Crippen LogP contribution in [-0.2, 0) is 14.6 Å². The maximum atomic E-state index is 12.3. The van der Waals surface area contributed by atoms with Gasteiger partial charge in [-0.2, -0.15) is 0 Å². The van der Waals surface area contributed by atoms with Gasteiger partial charge in [-0.25, -0.2) is 13.4 Å². The highest BCUT2D eigenvalue weighted by Crippen LogP contribution is 2.41. The summed E-state index contributed by atoms with van der Waals surface area (Å²) in [5.41, 5.74) is 0.278. The van der Waals surface area contributed by atoms with E-state index in [0.29, 0.717) is 0 Å². The van der Waals surface area contributed by atoms with Crippen LogP contribution in [0.1, 0.15) is 12.8 Å². The molecule has 1 heterocycles. The van der Waals surface area contributed by atoms with Crippen LogP contribution < -0.4 is 0 Å². The number of hydrogen-bond acceptors (Lipinski definition) is 5. The molecule has 4 nitrogen and oxygen atoms in total. The van der Waals surface area contributed by atoms with Crippen LogP contribution in [0.5, 0.6) is 0 Å². The van der Waals surface area contributed by atoms with Crippen molar-refractivity contribution in [3.63, 3.8) is 0 Å². The van der Waals surface area contributed by atoms with Crippen LogP contribution >= 0.6 is 11.3 Å². The third-order valence-corrected chi connectivity index (χ3v) is 6.61. The Kier molecular flexibility index (Phi) is 2.69. The number of rotatable bonds is 4. The molecule has 0 amide bonds. The smallest absolute Gasteiger partial charge is 0.210 e. The van der Waals surface area contributed by atoms with Gasteiger partial charge in [0.05, 0.1) is 21.6 Å².